The van der Waals surface area contributed by atoms with Crippen molar-refractivity contribution < 1.29 is 9.59 Å². The Morgan fingerprint density at radius 1 is 1.35 bits per heavy atom. The molecule has 1 saturated heterocycles. The molecule has 0 aliphatic carbocycles. The van der Waals surface area contributed by atoms with E-state index in [1.54, 1.807) is 34.4 Å². The number of rotatable bonds is 5. The van der Waals surface area contributed by atoms with Gasteiger partial charge in [0.15, 0.2) is 0 Å². The van der Waals surface area contributed by atoms with Crippen molar-refractivity contribution >= 4 is 40.4 Å². The summed E-state index contributed by atoms with van der Waals surface area (Å²) < 4.78 is 0. The van der Waals surface area contributed by atoms with Crippen LogP contribution in [0.2, 0.25) is 5.02 Å². The summed E-state index contributed by atoms with van der Waals surface area (Å²) in [7, 11) is 0. The Morgan fingerprint density at radius 3 is 2.91 bits per heavy atom. The largest absolute Gasteiger partial charge is 0.352 e. The molecule has 120 valence electrons. The van der Waals surface area contributed by atoms with Gasteiger partial charge in [-0.25, -0.2) is 0 Å². The molecule has 1 aliphatic rings. The molecule has 23 heavy (non-hydrogen) atoms. The van der Waals surface area contributed by atoms with E-state index in [0.717, 1.165) is 12.8 Å². The molecule has 0 saturated carbocycles. The number of amides is 2. The first-order chi connectivity index (χ1) is 11.1. The predicted octanol–water partition coefficient (Wildman–Crippen LogP) is 3.50. The highest BCUT2D eigenvalue weighted by Gasteiger charge is 2.26. The summed E-state index contributed by atoms with van der Waals surface area (Å²) in [5.74, 6) is -0.132. The van der Waals surface area contributed by atoms with Crippen LogP contribution in [0.1, 0.15) is 28.1 Å². The Bertz CT molecular complexity index is 715. The second kappa shape index (κ2) is 7.15. The summed E-state index contributed by atoms with van der Waals surface area (Å²) in [4.78, 5) is 27.3. The van der Waals surface area contributed by atoms with Crippen LogP contribution in [0, 0.1) is 0 Å². The average molecular weight is 349 g/mol. The summed E-state index contributed by atoms with van der Waals surface area (Å²) in [6.07, 6.45) is 2.13. The van der Waals surface area contributed by atoms with Crippen LogP contribution in [0.15, 0.2) is 35.7 Å². The van der Waals surface area contributed by atoms with Crippen LogP contribution in [-0.2, 0) is 11.2 Å². The van der Waals surface area contributed by atoms with E-state index in [4.69, 9.17) is 11.6 Å². The highest BCUT2D eigenvalue weighted by molar-refractivity contribution is 7.09. The molecule has 2 heterocycles. The molecule has 3 rings (SSSR count). The van der Waals surface area contributed by atoms with Gasteiger partial charge < -0.3 is 10.2 Å². The lowest BCUT2D eigenvalue weighted by atomic mass is 10.1. The summed E-state index contributed by atoms with van der Waals surface area (Å²) >= 11 is 7.73. The smallest absolute Gasteiger partial charge is 0.253 e. The molecule has 1 aliphatic heterocycles. The first-order valence-corrected chi connectivity index (χ1v) is 8.81. The minimum absolute atomic E-state index is 0.0416. The highest BCUT2D eigenvalue weighted by Crippen LogP contribution is 2.28. The maximum Gasteiger partial charge on any atom is 0.253 e. The quantitative estimate of drug-likeness (QED) is 0.899. The van der Waals surface area contributed by atoms with Crippen LogP contribution < -0.4 is 10.2 Å². The van der Waals surface area contributed by atoms with Crippen LogP contribution in [0.3, 0.4) is 0 Å². The maximum atomic E-state index is 12.5. The second-order valence-corrected chi connectivity index (χ2v) is 6.86. The van der Waals surface area contributed by atoms with Crippen LogP contribution in [0.4, 0.5) is 5.69 Å². The molecule has 0 spiro atoms. The van der Waals surface area contributed by atoms with Crippen molar-refractivity contribution in [3.8, 4) is 0 Å². The van der Waals surface area contributed by atoms with E-state index in [1.807, 2.05) is 17.5 Å². The highest BCUT2D eigenvalue weighted by atomic mass is 35.5. The lowest BCUT2D eigenvalue weighted by Gasteiger charge is -2.19. The number of halogens is 1. The van der Waals surface area contributed by atoms with Crippen molar-refractivity contribution in [2.75, 3.05) is 18.0 Å². The number of benzene rings is 1. The minimum Gasteiger partial charge on any atom is -0.352 e. The van der Waals surface area contributed by atoms with E-state index >= 15 is 0 Å². The van der Waals surface area contributed by atoms with Crippen LogP contribution in [0.5, 0.6) is 0 Å². The molecular weight excluding hydrogens is 332 g/mol. The van der Waals surface area contributed by atoms with E-state index in [2.05, 4.69) is 5.32 Å². The van der Waals surface area contributed by atoms with Crippen molar-refractivity contribution in [1.82, 2.24) is 5.32 Å². The number of nitrogens with zero attached hydrogens (tertiary/aromatic N) is 1. The van der Waals surface area contributed by atoms with E-state index in [-0.39, 0.29) is 11.8 Å². The predicted molar refractivity (Wildman–Crippen MR) is 93.4 cm³/mol. The topological polar surface area (TPSA) is 49.4 Å². The van der Waals surface area contributed by atoms with Crippen molar-refractivity contribution in [2.45, 2.75) is 19.3 Å². The lowest BCUT2D eigenvalue weighted by Crippen LogP contribution is -2.30. The summed E-state index contributed by atoms with van der Waals surface area (Å²) in [6.45, 7) is 1.20. The third kappa shape index (κ3) is 3.74. The summed E-state index contributed by atoms with van der Waals surface area (Å²) in [5.41, 5.74) is 1.10. The Hall–Kier alpha value is -1.85. The molecule has 1 N–H and O–H groups in total. The molecule has 1 aromatic heterocycles. The average Bonchev–Trinajstić information content (AvgIpc) is 3.18. The molecule has 6 heteroatoms. The van der Waals surface area contributed by atoms with Crippen LogP contribution in [0.25, 0.3) is 0 Å². The lowest BCUT2D eigenvalue weighted by molar-refractivity contribution is -0.117. The van der Waals surface area contributed by atoms with E-state index in [0.29, 0.717) is 35.8 Å². The van der Waals surface area contributed by atoms with Gasteiger partial charge in [-0.1, -0.05) is 17.7 Å². The third-order valence-electron chi connectivity index (χ3n) is 3.81. The Labute approximate surface area is 144 Å². The minimum atomic E-state index is -0.173. The van der Waals surface area contributed by atoms with Gasteiger partial charge >= 0.3 is 0 Å². The summed E-state index contributed by atoms with van der Waals surface area (Å²) in [6, 6.07) is 9.11. The Balaban J connectivity index is 1.73. The van der Waals surface area contributed by atoms with Gasteiger partial charge in [0.1, 0.15) is 0 Å². The van der Waals surface area contributed by atoms with Gasteiger partial charge in [0.25, 0.3) is 5.91 Å². The van der Waals surface area contributed by atoms with Crippen molar-refractivity contribution in [2.24, 2.45) is 0 Å². The van der Waals surface area contributed by atoms with Gasteiger partial charge in [-0.2, -0.15) is 0 Å². The number of carbonyl (C=O) groups is 2. The van der Waals surface area contributed by atoms with Gasteiger partial charge in [0.05, 0.1) is 11.3 Å². The van der Waals surface area contributed by atoms with E-state index < -0.39 is 0 Å². The zero-order chi connectivity index (χ0) is 16.2. The van der Waals surface area contributed by atoms with Gasteiger partial charge in [-0.05, 0) is 42.5 Å². The fraction of sp³-hybridized carbons (Fsp3) is 0.294. The Morgan fingerprint density at radius 2 is 2.22 bits per heavy atom. The number of anilines is 1. The molecule has 0 unspecified atom stereocenters. The molecule has 0 atom stereocenters. The fourth-order valence-corrected chi connectivity index (χ4v) is 3.55. The van der Waals surface area contributed by atoms with Crippen LogP contribution in [-0.4, -0.2) is 24.9 Å². The van der Waals surface area contributed by atoms with Gasteiger partial charge in [0.2, 0.25) is 5.91 Å². The second-order valence-electron chi connectivity index (χ2n) is 5.40. The number of hydrogen-bond acceptors (Lipinski definition) is 3. The molecule has 0 bridgehead atoms. The molecule has 1 fully saturated rings. The normalized spacial score (nSPS) is 14.3. The molecule has 2 amide bonds. The van der Waals surface area contributed by atoms with E-state index in [1.165, 1.54) is 4.88 Å². The SMILES string of the molecule is O=C(NCCc1cccs1)c1ccc(Cl)cc1N1CCCC1=O. The van der Waals surface area contributed by atoms with Crippen molar-refractivity contribution in [1.29, 1.82) is 0 Å². The number of nitrogens with one attached hydrogen (secondary N) is 1. The van der Waals surface area contributed by atoms with Crippen molar-refractivity contribution in [3.63, 3.8) is 0 Å². The maximum absolute atomic E-state index is 12.5. The third-order valence-corrected chi connectivity index (χ3v) is 4.98. The van der Waals surface area contributed by atoms with Crippen LogP contribution >= 0.6 is 22.9 Å². The van der Waals surface area contributed by atoms with Gasteiger partial charge in [0, 0.05) is 29.4 Å². The van der Waals surface area contributed by atoms with Gasteiger partial charge in [-0.3, -0.25) is 9.59 Å². The zero-order valence-corrected chi connectivity index (χ0v) is 14.1. The zero-order valence-electron chi connectivity index (χ0n) is 12.5. The number of carbonyl (C=O) groups excluding carboxylic acids is 2. The molecule has 2 aromatic rings. The van der Waals surface area contributed by atoms with E-state index in [9.17, 15) is 9.59 Å². The molecule has 0 radical (unpaired) electrons. The standard InChI is InChI=1S/C17H17ClN2O2S/c18-12-5-6-14(15(11-12)20-9-1-4-16(20)21)17(22)19-8-7-13-3-2-10-23-13/h2-3,5-6,10-11H,1,4,7-9H2,(H,19,22). The number of thiophene rings is 1. The molecule has 4 nitrogen and oxygen atoms in total. The van der Waals surface area contributed by atoms with Gasteiger partial charge in [-0.15, -0.1) is 11.3 Å². The first-order valence-electron chi connectivity index (χ1n) is 7.55. The number of hydrogen-bond donors (Lipinski definition) is 1. The molecule has 1 aromatic carbocycles. The summed E-state index contributed by atoms with van der Waals surface area (Å²) in [5, 5.41) is 5.47. The first kappa shape index (κ1) is 16.0. The molecular formula is C17H17ClN2O2S. The Kier molecular flexibility index (Phi) is 4.98. The van der Waals surface area contributed by atoms with Crippen molar-refractivity contribution in [3.05, 3.63) is 51.2 Å². The fourth-order valence-electron chi connectivity index (χ4n) is 2.67. The monoisotopic (exact) mass is 348 g/mol.